The molecule has 0 aliphatic rings. The molecule has 1 aromatic heterocycles. The number of aliphatic hydroxyl groups is 2. The van der Waals surface area contributed by atoms with Crippen molar-refractivity contribution in [3.8, 4) is 5.69 Å². The smallest absolute Gasteiger partial charge is 0.211 e. The van der Waals surface area contributed by atoms with E-state index in [0.717, 1.165) is 22.5 Å². The number of aryl methyl sites for hydroxylation is 1. The number of nitrogens with one attached hydrogen (secondary N) is 2. The number of hydrogen-bond donors (Lipinski definition) is 4. The molecule has 0 radical (unpaired) electrons. The lowest BCUT2D eigenvalue weighted by Gasteiger charge is -2.13. The predicted molar refractivity (Wildman–Crippen MR) is 113 cm³/mol. The second-order valence-electron chi connectivity index (χ2n) is 5.99. The molecule has 2 rings (SSSR count). The van der Waals surface area contributed by atoms with E-state index in [2.05, 4.69) is 22.1 Å². The second kappa shape index (κ2) is 9.82. The molecule has 4 N–H and O–H groups in total. The fraction of sp³-hybridized carbons (Fsp3) is 0.250. The summed E-state index contributed by atoms with van der Waals surface area (Å²) in [5.41, 5.74) is 3.55. The fourth-order valence-electron chi connectivity index (χ4n) is 2.69. The maximum atomic E-state index is 10.8. The van der Waals surface area contributed by atoms with Crippen LogP contribution in [-0.4, -0.2) is 38.0 Å². The molecule has 148 valence electrons. The fourth-order valence-corrected chi connectivity index (χ4v) is 2.93. The number of amides is 1. The highest BCUT2D eigenvalue weighted by atomic mass is 32.1. The maximum absolute atomic E-state index is 10.8. The molecule has 0 spiro atoms. The van der Waals surface area contributed by atoms with Crippen LogP contribution in [0.5, 0.6) is 0 Å². The Morgan fingerprint density at radius 3 is 2.79 bits per heavy atom. The molecule has 7 nitrogen and oxygen atoms in total. The van der Waals surface area contributed by atoms with E-state index in [0.29, 0.717) is 35.4 Å². The van der Waals surface area contributed by atoms with E-state index in [1.165, 1.54) is 6.08 Å². The van der Waals surface area contributed by atoms with Crippen molar-refractivity contribution in [3.63, 3.8) is 0 Å². The Balaban J connectivity index is 2.69. The van der Waals surface area contributed by atoms with Crippen LogP contribution in [0, 0.1) is 4.77 Å². The molecule has 1 heterocycles. The summed E-state index contributed by atoms with van der Waals surface area (Å²) >= 11 is 5.40. The van der Waals surface area contributed by atoms with Gasteiger partial charge in [0.15, 0.2) is 10.6 Å². The molecule has 0 bridgehead atoms. The number of rotatable bonds is 9. The number of allylic oxidation sites excluding steroid dienone is 3. The van der Waals surface area contributed by atoms with Crippen LogP contribution in [0.15, 0.2) is 48.3 Å². The van der Waals surface area contributed by atoms with Gasteiger partial charge in [0.05, 0.1) is 17.9 Å². The van der Waals surface area contributed by atoms with Crippen LogP contribution in [0.4, 0.5) is 5.69 Å². The lowest BCUT2D eigenvalue weighted by atomic mass is 10.1. The Bertz CT molecular complexity index is 986. The molecule has 28 heavy (non-hydrogen) atoms. The van der Waals surface area contributed by atoms with Gasteiger partial charge in [-0.3, -0.25) is 14.5 Å². The lowest BCUT2D eigenvalue weighted by molar-refractivity contribution is -0.105. The normalized spacial score (nSPS) is 12.1. The van der Waals surface area contributed by atoms with Gasteiger partial charge in [0.1, 0.15) is 5.76 Å². The molecular formula is C20H24N4O3S. The first-order valence-electron chi connectivity index (χ1n) is 8.87. The van der Waals surface area contributed by atoms with Gasteiger partial charge in [0, 0.05) is 5.69 Å². The number of H-pyrrole nitrogens is 1. The van der Waals surface area contributed by atoms with Crippen molar-refractivity contribution in [2.24, 2.45) is 0 Å². The van der Waals surface area contributed by atoms with Crippen LogP contribution < -0.4 is 5.32 Å². The molecule has 0 aliphatic carbocycles. The summed E-state index contributed by atoms with van der Waals surface area (Å²) in [6, 6.07) is 5.50. The van der Waals surface area contributed by atoms with E-state index in [9.17, 15) is 15.0 Å². The molecule has 1 amide bonds. The minimum Gasteiger partial charge on any atom is -0.507 e. The number of aliphatic hydroxyl groups excluding tert-OH is 2. The molecule has 0 fully saturated rings. The number of benzene rings is 1. The minimum absolute atomic E-state index is 0.123. The number of hydrogen-bond acceptors (Lipinski definition) is 5. The first kappa shape index (κ1) is 21.3. The third-order valence-electron chi connectivity index (χ3n) is 4.22. The van der Waals surface area contributed by atoms with Crippen molar-refractivity contribution in [3.05, 3.63) is 64.4 Å². The molecule has 0 unspecified atom stereocenters. The SMILES string of the molecule is C=C(/C=C(\C(O)=C/CO)c1n[nH]c(=S)n1-c1ccc(NC=O)c(CC)c1)CC. The molecular weight excluding hydrogens is 376 g/mol. The summed E-state index contributed by atoms with van der Waals surface area (Å²) in [6.45, 7) is 7.57. The van der Waals surface area contributed by atoms with E-state index in [4.69, 9.17) is 12.2 Å². The van der Waals surface area contributed by atoms with Crippen LogP contribution in [0.2, 0.25) is 0 Å². The molecule has 0 saturated carbocycles. The van der Waals surface area contributed by atoms with E-state index in [1.54, 1.807) is 22.8 Å². The topological polar surface area (TPSA) is 103 Å². The monoisotopic (exact) mass is 400 g/mol. The third kappa shape index (κ3) is 4.65. The van der Waals surface area contributed by atoms with Crippen molar-refractivity contribution in [2.45, 2.75) is 26.7 Å². The van der Waals surface area contributed by atoms with Crippen molar-refractivity contribution >= 4 is 29.9 Å². The molecule has 8 heteroatoms. The first-order valence-corrected chi connectivity index (χ1v) is 9.28. The van der Waals surface area contributed by atoms with Crippen LogP contribution >= 0.6 is 12.2 Å². The van der Waals surface area contributed by atoms with Gasteiger partial charge >= 0.3 is 0 Å². The number of nitrogens with zero attached hydrogens (tertiary/aromatic N) is 2. The Labute approximate surface area is 168 Å². The van der Waals surface area contributed by atoms with Gasteiger partial charge in [-0.25, -0.2) is 0 Å². The van der Waals surface area contributed by atoms with E-state index < -0.39 is 0 Å². The van der Waals surface area contributed by atoms with Gasteiger partial charge in [-0.15, -0.1) is 0 Å². The zero-order valence-corrected chi connectivity index (χ0v) is 16.7. The summed E-state index contributed by atoms with van der Waals surface area (Å²) in [7, 11) is 0. The summed E-state index contributed by atoms with van der Waals surface area (Å²) in [4.78, 5) is 10.8. The van der Waals surface area contributed by atoms with Gasteiger partial charge in [-0.1, -0.05) is 26.0 Å². The predicted octanol–water partition coefficient (Wildman–Crippen LogP) is 3.84. The molecule has 1 aromatic carbocycles. The van der Waals surface area contributed by atoms with E-state index in [-0.39, 0.29) is 12.4 Å². The van der Waals surface area contributed by atoms with Crippen molar-refractivity contribution in [1.29, 1.82) is 0 Å². The van der Waals surface area contributed by atoms with E-state index >= 15 is 0 Å². The van der Waals surface area contributed by atoms with Gasteiger partial charge in [-0.05, 0) is 61.0 Å². The Morgan fingerprint density at radius 2 is 2.18 bits per heavy atom. The zero-order valence-electron chi connectivity index (χ0n) is 15.9. The average molecular weight is 401 g/mol. The minimum atomic E-state index is -0.320. The quantitative estimate of drug-likeness (QED) is 0.222. The van der Waals surface area contributed by atoms with Gasteiger partial charge in [-0.2, -0.15) is 5.10 Å². The average Bonchev–Trinajstić information content (AvgIpc) is 3.07. The number of aromatic nitrogens is 3. The lowest BCUT2D eigenvalue weighted by Crippen LogP contribution is -2.06. The highest BCUT2D eigenvalue weighted by Crippen LogP contribution is 2.27. The van der Waals surface area contributed by atoms with Crippen molar-refractivity contribution in [1.82, 2.24) is 14.8 Å². The highest BCUT2D eigenvalue weighted by Gasteiger charge is 2.17. The van der Waals surface area contributed by atoms with Crippen LogP contribution in [0.1, 0.15) is 31.7 Å². The standard InChI is InChI=1S/C20H24N4O3S/c1-4-13(3)10-16(18(27)8-9-25)19-22-23-20(28)24(19)15-6-7-17(21-12-26)14(5-2)11-15/h6-8,10-12,25,27H,3-5,9H2,1-2H3,(H,21,26)(H,23,28)/b16-10+,18-8+. The number of anilines is 1. The maximum Gasteiger partial charge on any atom is 0.211 e. The Morgan fingerprint density at radius 1 is 1.43 bits per heavy atom. The van der Waals surface area contributed by atoms with Crippen LogP contribution in [0.25, 0.3) is 11.3 Å². The number of aromatic amines is 1. The van der Waals surface area contributed by atoms with Crippen LogP contribution in [0.3, 0.4) is 0 Å². The largest absolute Gasteiger partial charge is 0.507 e. The van der Waals surface area contributed by atoms with Gasteiger partial charge in [0.2, 0.25) is 6.41 Å². The number of carbonyl (C=O) groups is 1. The van der Waals surface area contributed by atoms with Crippen molar-refractivity contribution < 1.29 is 15.0 Å². The van der Waals surface area contributed by atoms with Crippen molar-refractivity contribution in [2.75, 3.05) is 11.9 Å². The number of carbonyl (C=O) groups excluding carboxylic acids is 1. The third-order valence-corrected chi connectivity index (χ3v) is 4.49. The van der Waals surface area contributed by atoms with Crippen LogP contribution in [-0.2, 0) is 11.2 Å². The van der Waals surface area contributed by atoms with Gasteiger partial charge in [0.25, 0.3) is 0 Å². The molecule has 2 aromatic rings. The highest BCUT2D eigenvalue weighted by molar-refractivity contribution is 7.71. The summed E-state index contributed by atoms with van der Waals surface area (Å²) in [6.07, 6.45) is 5.03. The molecule has 0 saturated heterocycles. The second-order valence-corrected chi connectivity index (χ2v) is 6.37. The molecule has 0 atom stereocenters. The summed E-state index contributed by atoms with van der Waals surface area (Å²) in [5.74, 6) is 0.266. The zero-order chi connectivity index (χ0) is 20.7. The summed E-state index contributed by atoms with van der Waals surface area (Å²) in [5, 5.41) is 29.3. The Hall–Kier alpha value is -2.97. The molecule has 0 aliphatic heterocycles. The van der Waals surface area contributed by atoms with E-state index in [1.807, 2.05) is 19.9 Å². The first-order chi connectivity index (χ1) is 13.5. The van der Waals surface area contributed by atoms with Gasteiger partial charge < -0.3 is 15.5 Å². The summed E-state index contributed by atoms with van der Waals surface area (Å²) < 4.78 is 2.04. The Kier molecular flexibility index (Phi) is 7.48.